The normalized spacial score (nSPS) is 21.1. The fourth-order valence-electron chi connectivity index (χ4n) is 3.98. The number of allylic oxidation sites excluding steroid dienone is 1. The first-order valence-electron chi connectivity index (χ1n) is 8.84. The van der Waals surface area contributed by atoms with Crippen molar-refractivity contribution in [3.63, 3.8) is 0 Å². The van der Waals surface area contributed by atoms with Crippen molar-refractivity contribution in [2.45, 2.75) is 32.7 Å². The number of Topliss-reactive ketones (excluding diaryl/α,β-unsaturated/α-hetero) is 1. The summed E-state index contributed by atoms with van der Waals surface area (Å²) in [7, 11) is 0. The molecule has 1 aromatic carbocycles. The molecule has 0 saturated heterocycles. The van der Waals surface area contributed by atoms with Gasteiger partial charge in [-0.1, -0.05) is 26.0 Å². The highest BCUT2D eigenvalue weighted by atomic mass is 16.6. The molecule has 0 saturated carbocycles. The lowest BCUT2D eigenvalue weighted by Crippen LogP contribution is -2.31. The number of aromatic nitrogens is 4. The standard InChI is InChI=1S/C19H18N6O2/c1-19(2)8-12-14(13(26)9-19)16(23-18-17(22-12)24-27-25-18)10-4-3-5-11-15(10)21-7-6-20-11/h3-7,16H,8-9H2,1-2H3,(H,22,24)(H,23,25)/t16-/m1/s1. The largest absolute Gasteiger partial charge is 0.353 e. The van der Waals surface area contributed by atoms with Gasteiger partial charge >= 0.3 is 0 Å². The van der Waals surface area contributed by atoms with E-state index in [1.807, 2.05) is 18.2 Å². The van der Waals surface area contributed by atoms with E-state index in [-0.39, 0.29) is 11.2 Å². The van der Waals surface area contributed by atoms with Crippen molar-refractivity contribution < 1.29 is 9.42 Å². The highest BCUT2D eigenvalue weighted by Crippen LogP contribution is 2.45. The molecule has 2 aromatic heterocycles. The minimum absolute atomic E-state index is 0.106. The Balaban J connectivity index is 1.75. The van der Waals surface area contributed by atoms with Gasteiger partial charge < -0.3 is 10.6 Å². The summed E-state index contributed by atoms with van der Waals surface area (Å²) >= 11 is 0. The summed E-state index contributed by atoms with van der Waals surface area (Å²) in [4.78, 5) is 22.0. The van der Waals surface area contributed by atoms with E-state index < -0.39 is 6.04 Å². The number of benzene rings is 1. The molecule has 5 rings (SSSR count). The maximum Gasteiger partial charge on any atom is 0.219 e. The second kappa shape index (κ2) is 5.60. The Kier molecular flexibility index (Phi) is 3.30. The zero-order valence-corrected chi connectivity index (χ0v) is 15.0. The molecule has 27 heavy (non-hydrogen) atoms. The summed E-state index contributed by atoms with van der Waals surface area (Å²) in [5.41, 5.74) is 3.82. The zero-order valence-electron chi connectivity index (χ0n) is 15.0. The van der Waals surface area contributed by atoms with Gasteiger partial charge in [-0.3, -0.25) is 14.8 Å². The SMILES string of the molecule is CC1(C)CC(=O)C2=C(C1)Nc1nonc1N[C@@H]2c1cccc2nccnc12. The van der Waals surface area contributed by atoms with Crippen molar-refractivity contribution in [1.29, 1.82) is 0 Å². The van der Waals surface area contributed by atoms with Crippen LogP contribution in [0, 0.1) is 5.41 Å². The lowest BCUT2D eigenvalue weighted by atomic mass is 9.73. The minimum atomic E-state index is -0.412. The van der Waals surface area contributed by atoms with Crippen molar-refractivity contribution >= 4 is 28.5 Å². The van der Waals surface area contributed by atoms with Crippen LogP contribution in [-0.4, -0.2) is 26.1 Å². The van der Waals surface area contributed by atoms with E-state index in [0.717, 1.165) is 28.7 Å². The van der Waals surface area contributed by atoms with E-state index in [2.05, 4.69) is 44.8 Å². The van der Waals surface area contributed by atoms with E-state index in [9.17, 15) is 4.79 Å². The van der Waals surface area contributed by atoms with Crippen LogP contribution in [0.25, 0.3) is 11.0 Å². The fourth-order valence-corrected chi connectivity index (χ4v) is 3.98. The molecule has 0 radical (unpaired) electrons. The maximum absolute atomic E-state index is 13.2. The van der Waals surface area contributed by atoms with Gasteiger partial charge in [0.15, 0.2) is 5.78 Å². The molecule has 0 unspecified atom stereocenters. The van der Waals surface area contributed by atoms with Crippen molar-refractivity contribution in [2.75, 3.05) is 10.6 Å². The van der Waals surface area contributed by atoms with Crippen molar-refractivity contribution in [2.24, 2.45) is 5.41 Å². The smallest absolute Gasteiger partial charge is 0.219 e. The zero-order chi connectivity index (χ0) is 18.6. The Morgan fingerprint density at radius 2 is 1.93 bits per heavy atom. The number of carbonyl (C=O) groups is 1. The van der Waals surface area contributed by atoms with Gasteiger partial charge in [-0.05, 0) is 28.2 Å². The molecule has 0 amide bonds. The molecular weight excluding hydrogens is 344 g/mol. The van der Waals surface area contributed by atoms with Crippen LogP contribution in [0.1, 0.15) is 38.3 Å². The van der Waals surface area contributed by atoms with E-state index in [0.29, 0.717) is 23.6 Å². The molecule has 0 spiro atoms. The van der Waals surface area contributed by atoms with Gasteiger partial charge in [0.2, 0.25) is 11.6 Å². The highest BCUT2D eigenvalue weighted by Gasteiger charge is 2.40. The Morgan fingerprint density at radius 1 is 1.11 bits per heavy atom. The molecule has 2 aliphatic rings. The molecule has 136 valence electrons. The number of carbonyl (C=O) groups excluding carboxylic acids is 1. The van der Waals surface area contributed by atoms with E-state index >= 15 is 0 Å². The maximum atomic E-state index is 13.2. The number of ketones is 1. The Hall–Kier alpha value is -3.29. The topological polar surface area (TPSA) is 106 Å². The molecule has 3 heterocycles. The predicted octanol–water partition coefficient (Wildman–Crippen LogP) is 3.23. The second-order valence-electron chi connectivity index (χ2n) is 7.77. The molecular formula is C19H18N6O2. The van der Waals surface area contributed by atoms with Crippen LogP contribution in [0.15, 0.2) is 46.5 Å². The summed E-state index contributed by atoms with van der Waals surface area (Å²) < 4.78 is 4.89. The number of hydrogen-bond donors (Lipinski definition) is 2. The molecule has 3 aromatic rings. The van der Waals surface area contributed by atoms with Crippen LogP contribution in [0.3, 0.4) is 0 Å². The predicted molar refractivity (Wildman–Crippen MR) is 98.9 cm³/mol. The van der Waals surface area contributed by atoms with Gasteiger partial charge in [0.1, 0.15) is 0 Å². The van der Waals surface area contributed by atoms with Crippen molar-refractivity contribution in [3.8, 4) is 0 Å². The third kappa shape index (κ3) is 2.56. The number of hydrogen-bond acceptors (Lipinski definition) is 8. The summed E-state index contributed by atoms with van der Waals surface area (Å²) in [6.45, 7) is 4.18. The third-order valence-electron chi connectivity index (χ3n) is 5.09. The lowest BCUT2D eigenvalue weighted by Gasteiger charge is -2.34. The Labute approximate surface area is 155 Å². The first-order valence-corrected chi connectivity index (χ1v) is 8.84. The molecule has 1 aliphatic heterocycles. The van der Waals surface area contributed by atoms with Gasteiger partial charge in [0.05, 0.1) is 17.1 Å². The van der Waals surface area contributed by atoms with Crippen LogP contribution in [0.5, 0.6) is 0 Å². The van der Waals surface area contributed by atoms with Gasteiger partial charge in [0, 0.05) is 35.6 Å². The lowest BCUT2D eigenvalue weighted by molar-refractivity contribution is -0.118. The monoisotopic (exact) mass is 362 g/mol. The third-order valence-corrected chi connectivity index (χ3v) is 5.09. The fraction of sp³-hybridized carbons (Fsp3) is 0.316. The number of rotatable bonds is 1. The molecule has 0 bridgehead atoms. The summed E-state index contributed by atoms with van der Waals surface area (Å²) in [5.74, 6) is 1.07. The van der Waals surface area contributed by atoms with Crippen LogP contribution < -0.4 is 10.6 Å². The number of fused-ring (bicyclic) bond motifs is 2. The summed E-state index contributed by atoms with van der Waals surface area (Å²) in [6.07, 6.45) is 4.53. The van der Waals surface area contributed by atoms with Crippen LogP contribution in [0.2, 0.25) is 0 Å². The first-order chi connectivity index (χ1) is 13.0. The average Bonchev–Trinajstić information content (AvgIpc) is 2.99. The van der Waals surface area contributed by atoms with E-state index in [4.69, 9.17) is 4.63 Å². The number of anilines is 2. The molecule has 1 aliphatic carbocycles. The second-order valence-corrected chi connectivity index (χ2v) is 7.77. The van der Waals surface area contributed by atoms with Gasteiger partial charge in [-0.15, -0.1) is 0 Å². The highest BCUT2D eigenvalue weighted by molar-refractivity contribution is 6.01. The number of nitrogens with one attached hydrogen (secondary N) is 2. The van der Waals surface area contributed by atoms with Crippen molar-refractivity contribution in [3.05, 3.63) is 47.4 Å². The van der Waals surface area contributed by atoms with Crippen molar-refractivity contribution in [1.82, 2.24) is 20.3 Å². The minimum Gasteiger partial charge on any atom is -0.353 e. The van der Waals surface area contributed by atoms with E-state index in [1.165, 1.54) is 0 Å². The van der Waals surface area contributed by atoms with Gasteiger partial charge in [0.25, 0.3) is 0 Å². The Morgan fingerprint density at radius 3 is 2.81 bits per heavy atom. The Bertz CT molecular complexity index is 1100. The summed E-state index contributed by atoms with van der Waals surface area (Å²) in [6, 6.07) is 5.38. The van der Waals surface area contributed by atoms with Gasteiger partial charge in [-0.2, -0.15) is 0 Å². The molecule has 2 N–H and O–H groups in total. The van der Waals surface area contributed by atoms with Gasteiger partial charge in [-0.25, -0.2) is 4.63 Å². The number of nitrogens with zero attached hydrogens (tertiary/aromatic N) is 4. The molecule has 0 fully saturated rings. The molecule has 8 nitrogen and oxygen atoms in total. The summed E-state index contributed by atoms with van der Waals surface area (Å²) in [5, 5.41) is 14.5. The van der Waals surface area contributed by atoms with Crippen LogP contribution >= 0.6 is 0 Å². The van der Waals surface area contributed by atoms with E-state index in [1.54, 1.807) is 12.4 Å². The quantitative estimate of drug-likeness (QED) is 0.680. The number of para-hydroxylation sites is 1. The van der Waals surface area contributed by atoms with Crippen LogP contribution in [-0.2, 0) is 4.79 Å². The molecule has 8 heteroatoms. The average molecular weight is 362 g/mol. The van der Waals surface area contributed by atoms with Crippen LogP contribution in [0.4, 0.5) is 11.6 Å². The first kappa shape index (κ1) is 15.9. The molecule has 1 atom stereocenters.